The second-order valence-electron chi connectivity index (χ2n) is 4.57. The van der Waals surface area contributed by atoms with Crippen LogP contribution in [0.3, 0.4) is 0 Å². The van der Waals surface area contributed by atoms with E-state index in [1.165, 1.54) is 19.1 Å². The Bertz CT molecular complexity index is 622. The molecule has 0 spiro atoms. The normalized spacial score (nSPS) is 15.5. The van der Waals surface area contributed by atoms with Gasteiger partial charge in [-0.1, -0.05) is 6.07 Å². The maximum Gasteiger partial charge on any atom is 0.430 e. The fraction of sp³-hybridized carbons (Fsp3) is 0.385. The summed E-state index contributed by atoms with van der Waals surface area (Å²) < 4.78 is 56.0. The van der Waals surface area contributed by atoms with Crippen LogP contribution < -0.4 is 5.32 Å². The van der Waals surface area contributed by atoms with Crippen LogP contribution >= 0.6 is 11.6 Å². The van der Waals surface area contributed by atoms with Gasteiger partial charge >= 0.3 is 12.1 Å². The first-order valence-electron chi connectivity index (χ1n) is 6.03. The molecule has 0 unspecified atom stereocenters. The number of aliphatic hydroxyl groups is 1. The molecular weight excluding hydrogens is 346 g/mol. The number of hydrogen-bond donors (Lipinski definition) is 2. The summed E-state index contributed by atoms with van der Waals surface area (Å²) >= 11 is 5.34. The van der Waals surface area contributed by atoms with Crippen molar-refractivity contribution in [2.45, 2.75) is 24.1 Å². The first-order valence-corrected chi connectivity index (χ1v) is 6.47. The Morgan fingerprint density at radius 1 is 1.35 bits per heavy atom. The van der Waals surface area contributed by atoms with Crippen LogP contribution in [0.1, 0.15) is 5.56 Å². The number of anilines is 1. The number of rotatable bonds is 4. The Labute approximate surface area is 133 Å². The van der Waals surface area contributed by atoms with Gasteiger partial charge in [-0.3, -0.25) is 4.79 Å². The largest absolute Gasteiger partial charge is 0.467 e. The van der Waals surface area contributed by atoms with Gasteiger partial charge in [0, 0.05) is 5.69 Å². The lowest BCUT2D eigenvalue weighted by molar-refractivity contribution is -0.260. The van der Waals surface area contributed by atoms with Gasteiger partial charge in [-0.25, -0.2) is 9.18 Å². The molecule has 1 aromatic rings. The van der Waals surface area contributed by atoms with E-state index in [-0.39, 0.29) is 11.3 Å². The third-order valence-corrected chi connectivity index (χ3v) is 3.48. The number of ether oxygens (including phenoxy) is 1. The molecule has 0 saturated carbocycles. The van der Waals surface area contributed by atoms with E-state index < -0.39 is 34.8 Å². The number of methoxy groups -OCH3 is 1. The molecule has 2 N–H and O–H groups in total. The van der Waals surface area contributed by atoms with E-state index in [1.807, 2.05) is 5.32 Å². The molecule has 10 heteroatoms. The minimum absolute atomic E-state index is 0.196. The molecule has 0 aliphatic carbocycles. The van der Waals surface area contributed by atoms with Crippen LogP contribution in [0.25, 0.3) is 0 Å². The highest BCUT2D eigenvalue weighted by Gasteiger charge is 2.67. The molecule has 0 fully saturated rings. The van der Waals surface area contributed by atoms with Crippen LogP contribution in [0.4, 0.5) is 23.2 Å². The minimum Gasteiger partial charge on any atom is -0.467 e. The molecule has 0 saturated heterocycles. The van der Waals surface area contributed by atoms with Crippen molar-refractivity contribution in [1.82, 2.24) is 0 Å². The SMILES string of the molecule is COC(=O)[C@](O)([C@@H](Cl)C(=O)Nc1ccc(C)c(F)c1)C(F)(F)F. The van der Waals surface area contributed by atoms with Crippen molar-refractivity contribution >= 4 is 29.2 Å². The van der Waals surface area contributed by atoms with E-state index in [0.29, 0.717) is 7.11 Å². The molecular formula is C13H12ClF4NO4. The monoisotopic (exact) mass is 357 g/mol. The fourth-order valence-electron chi connectivity index (χ4n) is 1.58. The molecule has 1 amide bonds. The molecule has 0 radical (unpaired) electrons. The second-order valence-corrected chi connectivity index (χ2v) is 5.01. The highest BCUT2D eigenvalue weighted by molar-refractivity contribution is 6.35. The topological polar surface area (TPSA) is 75.6 Å². The lowest BCUT2D eigenvalue weighted by atomic mass is 9.97. The Kier molecular flexibility index (Phi) is 5.60. The van der Waals surface area contributed by atoms with Crippen molar-refractivity contribution in [3.8, 4) is 0 Å². The van der Waals surface area contributed by atoms with Gasteiger partial charge in [0.1, 0.15) is 5.82 Å². The van der Waals surface area contributed by atoms with Crippen LogP contribution in [0.15, 0.2) is 18.2 Å². The van der Waals surface area contributed by atoms with E-state index in [0.717, 1.165) is 6.07 Å². The zero-order chi connectivity index (χ0) is 18.0. The van der Waals surface area contributed by atoms with E-state index in [9.17, 15) is 32.3 Å². The van der Waals surface area contributed by atoms with Gasteiger partial charge in [0.15, 0.2) is 5.38 Å². The van der Waals surface area contributed by atoms with E-state index in [4.69, 9.17) is 11.6 Å². The summed E-state index contributed by atoms with van der Waals surface area (Å²) in [5.74, 6) is -4.41. The predicted molar refractivity (Wildman–Crippen MR) is 72.4 cm³/mol. The molecule has 0 aliphatic rings. The van der Waals surface area contributed by atoms with E-state index in [2.05, 4.69) is 4.74 Å². The quantitative estimate of drug-likeness (QED) is 0.492. The smallest absolute Gasteiger partial charge is 0.430 e. The number of alkyl halides is 4. The molecule has 5 nitrogen and oxygen atoms in total. The molecule has 0 aromatic heterocycles. The lowest BCUT2D eigenvalue weighted by Gasteiger charge is -2.30. The number of hydrogen-bond acceptors (Lipinski definition) is 4. The minimum atomic E-state index is -5.57. The van der Waals surface area contributed by atoms with Gasteiger partial charge in [-0.2, -0.15) is 13.2 Å². The van der Waals surface area contributed by atoms with Gasteiger partial charge in [0.05, 0.1) is 7.11 Å². The highest BCUT2D eigenvalue weighted by Crippen LogP contribution is 2.37. The third kappa shape index (κ3) is 3.73. The molecule has 1 aromatic carbocycles. The maximum absolute atomic E-state index is 13.3. The molecule has 0 aliphatic heterocycles. The lowest BCUT2D eigenvalue weighted by Crippen LogP contribution is -2.62. The number of esters is 1. The summed E-state index contributed by atoms with van der Waals surface area (Å²) in [6.45, 7) is 1.44. The van der Waals surface area contributed by atoms with Crippen molar-refractivity contribution in [2.75, 3.05) is 12.4 Å². The van der Waals surface area contributed by atoms with Gasteiger partial charge < -0.3 is 15.2 Å². The fourth-order valence-corrected chi connectivity index (χ4v) is 1.85. The summed E-state index contributed by atoms with van der Waals surface area (Å²) in [6.07, 6.45) is -5.57. The van der Waals surface area contributed by atoms with E-state index >= 15 is 0 Å². The van der Waals surface area contributed by atoms with Crippen molar-refractivity contribution in [2.24, 2.45) is 0 Å². The zero-order valence-electron chi connectivity index (χ0n) is 11.9. The first-order chi connectivity index (χ1) is 10.4. The standard InChI is InChI=1S/C13H12ClF4NO4/c1-6-3-4-7(5-8(6)15)19-10(20)9(14)12(22,11(21)23-2)13(16,17)18/h3-5,9,22H,1-2H3,(H,19,20)/t9-,12+/m0/s1. The van der Waals surface area contributed by atoms with Gasteiger partial charge in [0.25, 0.3) is 5.60 Å². The third-order valence-electron chi connectivity index (χ3n) is 2.97. The predicted octanol–water partition coefficient (Wildman–Crippen LogP) is 2.15. The summed E-state index contributed by atoms with van der Waals surface area (Å²) in [6, 6.07) is 3.33. The number of aryl methyl sites for hydroxylation is 1. The van der Waals surface area contributed by atoms with Crippen LogP contribution in [0.5, 0.6) is 0 Å². The second kappa shape index (κ2) is 6.71. The maximum atomic E-state index is 13.3. The Morgan fingerprint density at radius 2 is 1.91 bits per heavy atom. The van der Waals surface area contributed by atoms with Crippen LogP contribution in [-0.2, 0) is 14.3 Å². The van der Waals surface area contributed by atoms with Crippen molar-refractivity contribution in [1.29, 1.82) is 0 Å². The van der Waals surface area contributed by atoms with Crippen LogP contribution in [0, 0.1) is 12.7 Å². The number of nitrogens with one attached hydrogen (secondary N) is 1. The number of halogens is 5. The van der Waals surface area contributed by atoms with Crippen LogP contribution in [-0.4, -0.2) is 41.2 Å². The van der Waals surface area contributed by atoms with Crippen molar-refractivity contribution in [3.05, 3.63) is 29.6 Å². The Morgan fingerprint density at radius 3 is 2.35 bits per heavy atom. The van der Waals surface area contributed by atoms with Crippen molar-refractivity contribution in [3.63, 3.8) is 0 Å². The van der Waals surface area contributed by atoms with Crippen LogP contribution in [0.2, 0.25) is 0 Å². The Hall–Kier alpha value is -1.87. The molecule has 128 valence electrons. The summed E-state index contributed by atoms with van der Waals surface area (Å²) in [5, 5.41) is 8.70. The van der Waals surface area contributed by atoms with Gasteiger partial charge in [-0.15, -0.1) is 11.6 Å². The Balaban J connectivity index is 3.09. The summed E-state index contributed by atoms with van der Waals surface area (Å²) in [5.41, 5.74) is -4.21. The summed E-state index contributed by atoms with van der Waals surface area (Å²) in [4.78, 5) is 23.0. The van der Waals surface area contributed by atoms with Gasteiger partial charge in [0.2, 0.25) is 5.91 Å². The average molecular weight is 358 g/mol. The van der Waals surface area contributed by atoms with Crippen molar-refractivity contribution < 1.29 is 37.0 Å². The average Bonchev–Trinajstić information content (AvgIpc) is 2.47. The molecule has 23 heavy (non-hydrogen) atoms. The molecule has 1 rings (SSSR count). The number of carbonyl (C=O) groups is 2. The first kappa shape index (κ1) is 19.2. The highest BCUT2D eigenvalue weighted by atomic mass is 35.5. The molecule has 0 bridgehead atoms. The van der Waals surface area contributed by atoms with E-state index in [1.54, 1.807) is 0 Å². The van der Waals surface area contributed by atoms with Gasteiger partial charge in [-0.05, 0) is 24.6 Å². The summed E-state index contributed by atoms with van der Waals surface area (Å²) in [7, 11) is 0.593. The number of amides is 1. The molecule has 2 atom stereocenters. The number of benzene rings is 1. The zero-order valence-corrected chi connectivity index (χ0v) is 12.6. The molecule has 0 heterocycles. The number of carbonyl (C=O) groups excluding carboxylic acids is 2.